The third-order valence-electron chi connectivity index (χ3n) is 3.83. The van der Waals surface area contributed by atoms with Crippen LogP contribution in [0.1, 0.15) is 39.5 Å². The predicted molar refractivity (Wildman–Crippen MR) is 66.8 cm³/mol. The van der Waals surface area contributed by atoms with Gasteiger partial charge in [0.05, 0.1) is 25.3 Å². The van der Waals surface area contributed by atoms with Gasteiger partial charge in [-0.15, -0.1) is 0 Å². The van der Waals surface area contributed by atoms with Gasteiger partial charge in [-0.1, -0.05) is 12.8 Å². The highest BCUT2D eigenvalue weighted by atomic mass is 16.5. The largest absolute Gasteiger partial charge is 0.375 e. The summed E-state index contributed by atoms with van der Waals surface area (Å²) in [6.45, 7) is 5.96. The number of nitrogens with zero attached hydrogens (tertiary/aromatic N) is 1. The molecule has 0 aromatic carbocycles. The molecule has 2 rings (SSSR count). The van der Waals surface area contributed by atoms with Crippen molar-refractivity contribution in [3.05, 3.63) is 0 Å². The lowest BCUT2D eigenvalue weighted by Crippen LogP contribution is -2.53. The van der Waals surface area contributed by atoms with Gasteiger partial charge >= 0.3 is 0 Å². The van der Waals surface area contributed by atoms with E-state index in [4.69, 9.17) is 4.74 Å². The van der Waals surface area contributed by atoms with Crippen molar-refractivity contribution in [2.45, 2.75) is 57.7 Å². The molecule has 4 nitrogen and oxygen atoms in total. The van der Waals surface area contributed by atoms with Crippen LogP contribution in [0.3, 0.4) is 0 Å². The maximum Gasteiger partial charge on any atom is 0.236 e. The monoisotopic (exact) mass is 240 g/mol. The van der Waals surface area contributed by atoms with Crippen LogP contribution >= 0.6 is 0 Å². The Bertz CT molecular complexity index is 264. The summed E-state index contributed by atoms with van der Waals surface area (Å²) in [4.78, 5) is 14.1. The van der Waals surface area contributed by atoms with Crippen molar-refractivity contribution in [3.63, 3.8) is 0 Å². The number of carbonyl (C=O) groups excluding carboxylic acids is 1. The molecule has 2 atom stereocenters. The molecule has 1 saturated carbocycles. The summed E-state index contributed by atoms with van der Waals surface area (Å²) < 4.78 is 5.53. The van der Waals surface area contributed by atoms with Crippen LogP contribution in [-0.4, -0.2) is 48.7 Å². The van der Waals surface area contributed by atoms with E-state index in [9.17, 15) is 4.79 Å². The molecular weight excluding hydrogens is 216 g/mol. The van der Waals surface area contributed by atoms with E-state index in [0.29, 0.717) is 19.2 Å². The van der Waals surface area contributed by atoms with Gasteiger partial charge in [-0.25, -0.2) is 0 Å². The highest BCUT2D eigenvalue weighted by Crippen LogP contribution is 2.17. The Morgan fingerprint density at radius 2 is 2.06 bits per heavy atom. The Morgan fingerprint density at radius 3 is 2.76 bits per heavy atom. The summed E-state index contributed by atoms with van der Waals surface area (Å²) in [5.41, 5.74) is 0. The van der Waals surface area contributed by atoms with Crippen LogP contribution in [0.4, 0.5) is 0 Å². The van der Waals surface area contributed by atoms with Gasteiger partial charge in [0.15, 0.2) is 0 Å². The van der Waals surface area contributed by atoms with Crippen LogP contribution in [0.15, 0.2) is 0 Å². The van der Waals surface area contributed by atoms with Gasteiger partial charge in [0.25, 0.3) is 0 Å². The zero-order valence-corrected chi connectivity index (χ0v) is 10.9. The minimum Gasteiger partial charge on any atom is -0.375 e. The first-order valence-corrected chi connectivity index (χ1v) is 6.81. The van der Waals surface area contributed by atoms with E-state index in [-0.39, 0.29) is 18.1 Å². The fraction of sp³-hybridized carbons (Fsp3) is 0.923. The van der Waals surface area contributed by atoms with Crippen LogP contribution in [0, 0.1) is 0 Å². The molecule has 2 unspecified atom stereocenters. The Labute approximate surface area is 104 Å². The van der Waals surface area contributed by atoms with Gasteiger partial charge in [-0.3, -0.25) is 4.79 Å². The summed E-state index contributed by atoms with van der Waals surface area (Å²) in [7, 11) is 0. The van der Waals surface area contributed by atoms with Crippen molar-refractivity contribution in [2.75, 3.05) is 19.7 Å². The fourth-order valence-corrected chi connectivity index (χ4v) is 2.71. The van der Waals surface area contributed by atoms with Crippen LogP contribution in [0.25, 0.3) is 0 Å². The number of ether oxygens (including phenoxy) is 1. The molecule has 1 aliphatic carbocycles. The predicted octanol–water partition coefficient (Wildman–Crippen LogP) is 1.15. The number of amides is 1. The van der Waals surface area contributed by atoms with Gasteiger partial charge in [-0.05, 0) is 26.7 Å². The number of nitrogens with one attached hydrogen (secondary N) is 1. The molecule has 1 saturated heterocycles. The average Bonchev–Trinajstić information content (AvgIpc) is 2.82. The lowest BCUT2D eigenvalue weighted by Gasteiger charge is -2.37. The molecule has 4 heteroatoms. The topological polar surface area (TPSA) is 41.6 Å². The number of morpholine rings is 1. The summed E-state index contributed by atoms with van der Waals surface area (Å²) in [5, 5.41) is 3.38. The van der Waals surface area contributed by atoms with Gasteiger partial charge in [-0.2, -0.15) is 0 Å². The van der Waals surface area contributed by atoms with Gasteiger partial charge < -0.3 is 15.0 Å². The molecule has 2 aliphatic rings. The smallest absolute Gasteiger partial charge is 0.236 e. The third kappa shape index (κ3) is 3.42. The Balaban J connectivity index is 1.77. The van der Waals surface area contributed by atoms with Crippen molar-refractivity contribution in [1.82, 2.24) is 10.2 Å². The lowest BCUT2D eigenvalue weighted by molar-refractivity contribution is -0.142. The SMILES string of the molecule is CC1CN(C(=O)CNC2CCCC2)C(C)CO1. The molecule has 0 aromatic heterocycles. The molecule has 17 heavy (non-hydrogen) atoms. The maximum atomic E-state index is 12.1. The molecule has 1 N–H and O–H groups in total. The highest BCUT2D eigenvalue weighted by Gasteiger charge is 2.27. The second-order valence-corrected chi connectivity index (χ2v) is 5.40. The highest BCUT2D eigenvalue weighted by molar-refractivity contribution is 5.78. The molecule has 98 valence electrons. The van der Waals surface area contributed by atoms with Crippen LogP contribution in [0.5, 0.6) is 0 Å². The number of carbonyl (C=O) groups is 1. The van der Waals surface area contributed by atoms with Crippen LogP contribution < -0.4 is 5.32 Å². The quantitative estimate of drug-likeness (QED) is 0.804. The number of hydrogen-bond acceptors (Lipinski definition) is 3. The normalized spacial score (nSPS) is 30.8. The second-order valence-electron chi connectivity index (χ2n) is 5.40. The Kier molecular flexibility index (Phi) is 4.40. The molecule has 1 aliphatic heterocycles. The molecule has 1 heterocycles. The summed E-state index contributed by atoms with van der Waals surface area (Å²) in [6.07, 6.45) is 5.22. The van der Waals surface area contributed by atoms with Crippen molar-refractivity contribution >= 4 is 5.91 Å². The first-order chi connectivity index (χ1) is 8.16. The van der Waals surface area contributed by atoms with Crippen molar-refractivity contribution in [3.8, 4) is 0 Å². The molecule has 2 fully saturated rings. The molecule has 0 aromatic rings. The summed E-state index contributed by atoms with van der Waals surface area (Å²) >= 11 is 0. The second kappa shape index (κ2) is 5.83. The fourth-order valence-electron chi connectivity index (χ4n) is 2.71. The van der Waals surface area contributed by atoms with Crippen LogP contribution in [0.2, 0.25) is 0 Å². The van der Waals surface area contributed by atoms with Crippen molar-refractivity contribution < 1.29 is 9.53 Å². The minimum absolute atomic E-state index is 0.168. The standard InChI is InChI=1S/C13H24N2O2/c1-10-9-17-11(2)8-15(10)13(16)7-14-12-5-3-4-6-12/h10-12,14H,3-9H2,1-2H3. The number of hydrogen-bond donors (Lipinski definition) is 1. The third-order valence-corrected chi connectivity index (χ3v) is 3.83. The summed E-state index contributed by atoms with van der Waals surface area (Å²) in [5.74, 6) is 0.222. The first-order valence-electron chi connectivity index (χ1n) is 6.81. The van der Waals surface area contributed by atoms with E-state index in [1.54, 1.807) is 0 Å². The molecular formula is C13H24N2O2. The zero-order chi connectivity index (χ0) is 12.3. The lowest BCUT2D eigenvalue weighted by atomic mass is 10.2. The first kappa shape index (κ1) is 12.8. The number of rotatable bonds is 3. The maximum absolute atomic E-state index is 12.1. The molecule has 0 spiro atoms. The zero-order valence-electron chi connectivity index (χ0n) is 10.9. The average molecular weight is 240 g/mol. The Hall–Kier alpha value is -0.610. The van der Waals surface area contributed by atoms with Gasteiger partial charge in [0, 0.05) is 12.6 Å². The van der Waals surface area contributed by atoms with E-state index < -0.39 is 0 Å². The van der Waals surface area contributed by atoms with E-state index in [2.05, 4.69) is 12.2 Å². The van der Waals surface area contributed by atoms with E-state index in [0.717, 1.165) is 6.54 Å². The van der Waals surface area contributed by atoms with Gasteiger partial charge in [0.2, 0.25) is 5.91 Å². The van der Waals surface area contributed by atoms with E-state index >= 15 is 0 Å². The van der Waals surface area contributed by atoms with Crippen molar-refractivity contribution in [2.24, 2.45) is 0 Å². The van der Waals surface area contributed by atoms with E-state index in [1.165, 1.54) is 25.7 Å². The minimum atomic E-state index is 0.168. The van der Waals surface area contributed by atoms with Crippen LogP contribution in [-0.2, 0) is 9.53 Å². The molecule has 1 amide bonds. The van der Waals surface area contributed by atoms with Crippen molar-refractivity contribution in [1.29, 1.82) is 0 Å². The van der Waals surface area contributed by atoms with Gasteiger partial charge in [0.1, 0.15) is 0 Å². The summed E-state index contributed by atoms with van der Waals surface area (Å²) in [6, 6.07) is 0.775. The molecule has 0 radical (unpaired) electrons. The van der Waals surface area contributed by atoms with E-state index in [1.807, 2.05) is 11.8 Å². The molecule has 0 bridgehead atoms. The Morgan fingerprint density at radius 1 is 1.35 bits per heavy atom.